The molecule has 0 saturated carbocycles. The topological polar surface area (TPSA) is 0 Å². The van der Waals surface area contributed by atoms with E-state index in [0.29, 0.717) is 0 Å². The molecule has 0 bridgehead atoms. The van der Waals surface area contributed by atoms with E-state index in [1.165, 1.54) is 5.57 Å². The molecule has 0 aromatic rings. The summed E-state index contributed by atoms with van der Waals surface area (Å²) in [5.41, 5.74) is 1.27. The van der Waals surface area contributed by atoms with Crippen LogP contribution in [0.3, 0.4) is 0 Å². The summed E-state index contributed by atoms with van der Waals surface area (Å²) in [6.45, 7) is 2.06. The van der Waals surface area contributed by atoms with Gasteiger partial charge in [-0.05, 0) is 0 Å². The smallest absolute Gasteiger partial charge is 0 e. The molecule has 0 heterocycles. The first kappa shape index (κ1) is 16.3. The first-order valence-electron chi connectivity index (χ1n) is 2.13. The Morgan fingerprint density at radius 3 is 2.22 bits per heavy atom. The number of rotatable bonds is 0. The predicted molar refractivity (Wildman–Crippen MR) is 39.8 cm³/mol. The Kier molecular flexibility index (Phi) is 15.7. The van der Waals surface area contributed by atoms with Crippen LogP contribution in [0, 0.1) is 13.5 Å². The van der Waals surface area contributed by atoms with Crippen molar-refractivity contribution in [2.45, 2.75) is 13.3 Å². The number of hydrogen-bond donors (Lipinski definition) is 0. The fourth-order valence-corrected chi connectivity index (χ4v) is 0.515. The summed E-state index contributed by atoms with van der Waals surface area (Å²) in [5.74, 6) is 0. The first-order chi connectivity index (χ1) is 2.89. The van der Waals surface area contributed by atoms with Crippen molar-refractivity contribution >= 4 is 12.4 Å². The van der Waals surface area contributed by atoms with Gasteiger partial charge < -0.3 is 7.43 Å². The molecule has 1 aliphatic carbocycles. The van der Waals surface area contributed by atoms with Crippen molar-refractivity contribution in [1.82, 2.24) is 0 Å². The van der Waals surface area contributed by atoms with Gasteiger partial charge in [0.25, 0.3) is 0 Å². The monoisotopic (exact) mass is 310 g/mol. The minimum Gasteiger partial charge on any atom is -0.358 e. The minimum absolute atomic E-state index is 0. The maximum atomic E-state index is 3.12. The van der Waals surface area contributed by atoms with E-state index in [-0.39, 0.29) is 45.7 Å². The van der Waals surface area contributed by atoms with Crippen LogP contribution in [-0.2, 0) is 25.8 Å². The summed E-state index contributed by atoms with van der Waals surface area (Å²) < 4.78 is 0. The molecule has 9 heavy (non-hydrogen) atoms. The molecule has 0 spiro atoms. The maximum absolute atomic E-state index is 3.12. The summed E-state index contributed by atoms with van der Waals surface area (Å²) in [6.07, 6.45) is 8.33. The van der Waals surface area contributed by atoms with E-state index in [1.54, 1.807) is 0 Å². The van der Waals surface area contributed by atoms with E-state index in [9.17, 15) is 0 Å². The molecule has 52 valence electrons. The maximum Gasteiger partial charge on any atom is 0 e. The molecule has 0 amide bonds. The zero-order valence-corrected chi connectivity index (χ0v) is 10.2. The fourth-order valence-electron chi connectivity index (χ4n) is 0.515. The third-order valence-corrected chi connectivity index (χ3v) is 0.867. The number of halogens is 1. The number of hydrogen-bond acceptors (Lipinski definition) is 0. The molecule has 0 saturated heterocycles. The van der Waals surface area contributed by atoms with Crippen LogP contribution in [-0.4, -0.2) is 0 Å². The van der Waals surface area contributed by atoms with Gasteiger partial charge in [-0.3, -0.25) is 6.08 Å². The Hall–Kier alpha value is 0.640. The largest absolute Gasteiger partial charge is 0.358 e. The second kappa shape index (κ2) is 8.64. The van der Waals surface area contributed by atoms with Crippen molar-refractivity contribution in [3.05, 3.63) is 31.2 Å². The summed E-state index contributed by atoms with van der Waals surface area (Å²) in [5, 5.41) is 0. The molecule has 0 aromatic heterocycles. The molecule has 1 aliphatic rings. The number of allylic oxidation sites excluding steroid dienone is 4. The van der Waals surface area contributed by atoms with E-state index in [1.807, 2.05) is 0 Å². The van der Waals surface area contributed by atoms with Crippen molar-refractivity contribution in [3.63, 3.8) is 0 Å². The van der Waals surface area contributed by atoms with Crippen LogP contribution in [0.4, 0.5) is 0 Å². The molecule has 0 atom stereocenters. The molecule has 1 rings (SSSR count). The van der Waals surface area contributed by atoms with Crippen LogP contribution < -0.4 is 0 Å². The zero-order valence-electron chi connectivity index (χ0n) is 5.77. The van der Waals surface area contributed by atoms with Crippen molar-refractivity contribution in [2.24, 2.45) is 0 Å². The molecule has 0 nitrogen and oxygen atoms in total. The van der Waals surface area contributed by atoms with Gasteiger partial charge in [-0.1, -0.05) is 6.92 Å². The first-order valence-corrected chi connectivity index (χ1v) is 2.13. The average Bonchev–Trinajstić information content (AvgIpc) is 1.86. The summed E-state index contributed by atoms with van der Waals surface area (Å²) >= 11 is 0. The van der Waals surface area contributed by atoms with E-state index in [0.717, 1.165) is 6.42 Å². The molecule has 0 unspecified atom stereocenters. The minimum atomic E-state index is 0. The molecule has 0 N–H and O–H groups in total. The normalized spacial score (nSPS) is 12.3. The van der Waals surface area contributed by atoms with Crippen molar-refractivity contribution in [2.75, 3.05) is 0 Å². The quantitative estimate of drug-likeness (QED) is 0.476. The van der Waals surface area contributed by atoms with Gasteiger partial charge in [0, 0.05) is 25.8 Å². The Morgan fingerprint density at radius 2 is 2.11 bits per heavy atom. The fraction of sp³-hybridized carbons (Fsp3) is 0.286. The van der Waals surface area contributed by atoms with Gasteiger partial charge in [0.1, 0.15) is 0 Å². The van der Waals surface area contributed by atoms with E-state index in [4.69, 9.17) is 0 Å². The molecular weight excluding hydrogens is 298 g/mol. The van der Waals surface area contributed by atoms with Gasteiger partial charge in [-0.25, -0.2) is 11.6 Å². The summed E-state index contributed by atoms with van der Waals surface area (Å²) in [7, 11) is 0. The SMILES string of the molecule is CC1=[C-]CC=C1.Cl.[CH3-].[Hf]. The van der Waals surface area contributed by atoms with Gasteiger partial charge in [-0.15, -0.1) is 18.8 Å². The molecule has 0 aromatic carbocycles. The molecule has 2 heteroatoms. The van der Waals surface area contributed by atoms with Crippen LogP contribution in [0.1, 0.15) is 13.3 Å². The third kappa shape index (κ3) is 6.53. The Morgan fingerprint density at radius 1 is 1.56 bits per heavy atom. The zero-order chi connectivity index (χ0) is 4.41. The second-order valence-corrected chi connectivity index (χ2v) is 1.47. The Labute approximate surface area is 82.6 Å². The summed E-state index contributed by atoms with van der Waals surface area (Å²) in [4.78, 5) is 0. The molecule has 0 fully saturated rings. The average molecular weight is 309 g/mol. The predicted octanol–water partition coefficient (Wildman–Crippen LogP) is 2.57. The van der Waals surface area contributed by atoms with Crippen LogP contribution in [0.25, 0.3) is 0 Å². The van der Waals surface area contributed by atoms with Gasteiger partial charge >= 0.3 is 0 Å². The van der Waals surface area contributed by atoms with Crippen LogP contribution in [0.2, 0.25) is 0 Å². The van der Waals surface area contributed by atoms with E-state index in [2.05, 4.69) is 25.2 Å². The molecule has 0 aliphatic heterocycles. The Bertz CT molecular complexity index is 103. The molecule has 0 radical (unpaired) electrons. The standard InChI is InChI=1S/C6H7.CH3.ClH.Hf/c1-6-4-2-3-5-6;;;/h2,4H,3H2,1H3;1H3;1H;/q2*-1;;. The summed E-state index contributed by atoms with van der Waals surface area (Å²) in [6, 6.07) is 0. The van der Waals surface area contributed by atoms with Crippen molar-refractivity contribution < 1.29 is 25.8 Å². The van der Waals surface area contributed by atoms with Crippen molar-refractivity contribution in [3.8, 4) is 0 Å². The van der Waals surface area contributed by atoms with Crippen LogP contribution in [0.5, 0.6) is 0 Å². The van der Waals surface area contributed by atoms with Crippen LogP contribution >= 0.6 is 12.4 Å². The van der Waals surface area contributed by atoms with E-state index < -0.39 is 0 Å². The Balaban J connectivity index is -0.000000120. The third-order valence-electron chi connectivity index (χ3n) is 0.867. The van der Waals surface area contributed by atoms with Gasteiger partial charge in [-0.2, -0.15) is 6.08 Å². The van der Waals surface area contributed by atoms with Crippen LogP contribution in [0.15, 0.2) is 17.7 Å². The van der Waals surface area contributed by atoms with E-state index >= 15 is 0 Å². The van der Waals surface area contributed by atoms with Gasteiger partial charge in [0.2, 0.25) is 0 Å². The second-order valence-electron chi connectivity index (χ2n) is 1.47. The van der Waals surface area contributed by atoms with Gasteiger partial charge in [0.15, 0.2) is 0 Å². The molecular formula is C7H11ClHf-2. The van der Waals surface area contributed by atoms with Crippen molar-refractivity contribution in [1.29, 1.82) is 0 Å². The van der Waals surface area contributed by atoms with Gasteiger partial charge in [0.05, 0.1) is 0 Å².